The van der Waals surface area contributed by atoms with Crippen LogP contribution in [0.1, 0.15) is 5.56 Å². The van der Waals surface area contributed by atoms with E-state index in [9.17, 15) is 0 Å². The topological polar surface area (TPSA) is 42.3 Å². The first-order valence-electron chi connectivity index (χ1n) is 6.55. The summed E-state index contributed by atoms with van der Waals surface area (Å²) in [6, 6.07) is 10.5. The van der Waals surface area contributed by atoms with E-state index >= 15 is 0 Å². The molecule has 0 radical (unpaired) electrons. The van der Waals surface area contributed by atoms with E-state index < -0.39 is 0 Å². The molecule has 0 saturated carbocycles. The molecule has 0 aliphatic carbocycles. The first-order valence-corrected chi connectivity index (χ1v) is 6.55. The van der Waals surface area contributed by atoms with Crippen molar-refractivity contribution in [3.05, 3.63) is 29.8 Å². The summed E-state index contributed by atoms with van der Waals surface area (Å²) in [6.45, 7) is 7.05. The van der Waals surface area contributed by atoms with Gasteiger partial charge in [0.05, 0.1) is 11.6 Å². The summed E-state index contributed by atoms with van der Waals surface area (Å²) in [6.07, 6.45) is 0. The third-order valence-electron chi connectivity index (χ3n) is 3.95. The number of benzene rings is 1. The predicted molar refractivity (Wildman–Crippen MR) is 71.4 cm³/mol. The summed E-state index contributed by atoms with van der Waals surface area (Å²) in [7, 11) is 0. The zero-order chi connectivity index (χ0) is 12.4. The molecular weight excluding hydrogens is 224 g/mol. The highest BCUT2D eigenvalue weighted by atomic mass is 15.3. The van der Waals surface area contributed by atoms with Crippen LogP contribution < -0.4 is 5.32 Å². The molecular formula is C14H18N4. The van der Waals surface area contributed by atoms with Crippen LogP contribution in [0.5, 0.6) is 0 Å². The Kier molecular flexibility index (Phi) is 3.18. The molecule has 3 aliphatic rings. The fourth-order valence-electron chi connectivity index (χ4n) is 2.82. The first-order chi connectivity index (χ1) is 8.85. The Morgan fingerprint density at radius 2 is 1.89 bits per heavy atom. The SMILES string of the molecule is N#Cc1ccc(NCC2CN3CCN2CC3)cc1. The summed E-state index contributed by atoms with van der Waals surface area (Å²) in [4.78, 5) is 5.13. The zero-order valence-corrected chi connectivity index (χ0v) is 10.5. The van der Waals surface area contributed by atoms with Crippen molar-refractivity contribution in [2.75, 3.05) is 44.6 Å². The number of hydrogen-bond donors (Lipinski definition) is 1. The molecule has 18 heavy (non-hydrogen) atoms. The molecule has 94 valence electrons. The molecule has 4 nitrogen and oxygen atoms in total. The molecule has 2 bridgehead atoms. The van der Waals surface area contributed by atoms with Gasteiger partial charge >= 0.3 is 0 Å². The van der Waals surface area contributed by atoms with E-state index in [2.05, 4.69) is 21.2 Å². The van der Waals surface area contributed by atoms with Crippen molar-refractivity contribution in [3.63, 3.8) is 0 Å². The minimum atomic E-state index is 0.628. The van der Waals surface area contributed by atoms with Gasteiger partial charge < -0.3 is 5.32 Å². The van der Waals surface area contributed by atoms with E-state index in [0.717, 1.165) is 12.2 Å². The Morgan fingerprint density at radius 1 is 1.17 bits per heavy atom. The lowest BCUT2D eigenvalue weighted by molar-refractivity contribution is 0.0189. The minimum absolute atomic E-state index is 0.628. The molecule has 1 unspecified atom stereocenters. The van der Waals surface area contributed by atoms with Gasteiger partial charge in [-0.25, -0.2) is 0 Å². The van der Waals surface area contributed by atoms with Gasteiger partial charge in [0.15, 0.2) is 0 Å². The van der Waals surface area contributed by atoms with Crippen molar-refractivity contribution in [2.45, 2.75) is 6.04 Å². The molecule has 1 aromatic rings. The average Bonchev–Trinajstić information content (AvgIpc) is 2.47. The summed E-state index contributed by atoms with van der Waals surface area (Å²) >= 11 is 0. The van der Waals surface area contributed by atoms with Gasteiger partial charge in [-0.3, -0.25) is 9.80 Å². The molecule has 1 N–H and O–H groups in total. The smallest absolute Gasteiger partial charge is 0.0991 e. The molecule has 4 rings (SSSR count). The predicted octanol–water partition coefficient (Wildman–Crippen LogP) is 0.970. The van der Waals surface area contributed by atoms with E-state index in [1.807, 2.05) is 24.3 Å². The second kappa shape index (κ2) is 4.97. The zero-order valence-electron chi connectivity index (χ0n) is 10.5. The number of nitrogens with zero attached hydrogens (tertiary/aromatic N) is 3. The summed E-state index contributed by atoms with van der Waals surface area (Å²) in [5.74, 6) is 0. The third-order valence-corrected chi connectivity index (χ3v) is 3.95. The highest BCUT2D eigenvalue weighted by molar-refractivity contribution is 5.47. The minimum Gasteiger partial charge on any atom is -0.383 e. The van der Waals surface area contributed by atoms with Gasteiger partial charge in [-0.2, -0.15) is 5.26 Å². The van der Waals surface area contributed by atoms with Crippen LogP contribution >= 0.6 is 0 Å². The lowest BCUT2D eigenvalue weighted by atomic mass is 10.1. The summed E-state index contributed by atoms with van der Waals surface area (Å²) < 4.78 is 0. The molecule has 3 aliphatic heterocycles. The van der Waals surface area contributed by atoms with Gasteiger partial charge in [-0.1, -0.05) is 0 Å². The molecule has 4 heteroatoms. The largest absolute Gasteiger partial charge is 0.383 e. The van der Waals surface area contributed by atoms with Crippen molar-refractivity contribution in [2.24, 2.45) is 0 Å². The maximum Gasteiger partial charge on any atom is 0.0991 e. The number of piperazine rings is 3. The summed E-state index contributed by atoms with van der Waals surface area (Å²) in [5, 5.41) is 12.2. The molecule has 1 atom stereocenters. The normalized spacial score (nSPS) is 29.8. The Hall–Kier alpha value is -1.57. The fraction of sp³-hybridized carbons (Fsp3) is 0.500. The lowest BCUT2D eigenvalue weighted by Crippen LogP contribution is -2.62. The summed E-state index contributed by atoms with van der Waals surface area (Å²) in [5.41, 5.74) is 1.82. The van der Waals surface area contributed by atoms with Crippen molar-refractivity contribution in [1.82, 2.24) is 9.80 Å². The molecule has 1 aromatic carbocycles. The van der Waals surface area contributed by atoms with Crippen LogP contribution in [0.4, 0.5) is 5.69 Å². The number of nitriles is 1. The molecule has 0 spiro atoms. The number of rotatable bonds is 3. The van der Waals surface area contributed by atoms with E-state index in [1.165, 1.54) is 32.7 Å². The second-order valence-electron chi connectivity index (χ2n) is 5.06. The van der Waals surface area contributed by atoms with Crippen LogP contribution in [0.25, 0.3) is 0 Å². The Morgan fingerprint density at radius 3 is 2.44 bits per heavy atom. The number of fused-ring (bicyclic) bond motifs is 3. The van der Waals surface area contributed by atoms with Crippen LogP contribution in [0.3, 0.4) is 0 Å². The fourth-order valence-corrected chi connectivity index (χ4v) is 2.82. The van der Waals surface area contributed by atoms with Crippen LogP contribution in [0, 0.1) is 11.3 Å². The molecule has 3 heterocycles. The maximum atomic E-state index is 8.75. The lowest BCUT2D eigenvalue weighted by Gasteiger charge is -2.47. The highest BCUT2D eigenvalue weighted by Gasteiger charge is 2.31. The molecule has 0 amide bonds. The van der Waals surface area contributed by atoms with Gasteiger partial charge in [0.2, 0.25) is 0 Å². The van der Waals surface area contributed by atoms with Gasteiger partial charge in [-0.05, 0) is 24.3 Å². The van der Waals surface area contributed by atoms with Crippen molar-refractivity contribution < 1.29 is 0 Å². The Bertz CT molecular complexity index is 440. The van der Waals surface area contributed by atoms with E-state index in [-0.39, 0.29) is 0 Å². The van der Waals surface area contributed by atoms with Crippen molar-refractivity contribution in [1.29, 1.82) is 5.26 Å². The highest BCUT2D eigenvalue weighted by Crippen LogP contribution is 2.16. The molecule has 3 fully saturated rings. The van der Waals surface area contributed by atoms with Gasteiger partial charge in [0.1, 0.15) is 0 Å². The van der Waals surface area contributed by atoms with Crippen LogP contribution in [0.15, 0.2) is 24.3 Å². The van der Waals surface area contributed by atoms with Crippen LogP contribution in [0.2, 0.25) is 0 Å². The maximum absolute atomic E-state index is 8.75. The van der Waals surface area contributed by atoms with Gasteiger partial charge in [-0.15, -0.1) is 0 Å². The Labute approximate surface area is 108 Å². The van der Waals surface area contributed by atoms with Crippen LogP contribution in [-0.4, -0.2) is 55.1 Å². The molecule has 0 aromatic heterocycles. The molecule has 3 saturated heterocycles. The third kappa shape index (κ3) is 2.33. The number of nitrogens with one attached hydrogen (secondary N) is 1. The van der Waals surface area contributed by atoms with Crippen molar-refractivity contribution in [3.8, 4) is 6.07 Å². The van der Waals surface area contributed by atoms with Gasteiger partial charge in [0.25, 0.3) is 0 Å². The second-order valence-corrected chi connectivity index (χ2v) is 5.06. The van der Waals surface area contributed by atoms with Crippen molar-refractivity contribution >= 4 is 5.69 Å². The average molecular weight is 242 g/mol. The number of hydrogen-bond acceptors (Lipinski definition) is 4. The van der Waals surface area contributed by atoms with E-state index in [0.29, 0.717) is 11.6 Å². The quantitative estimate of drug-likeness (QED) is 0.857. The number of anilines is 1. The van der Waals surface area contributed by atoms with Gasteiger partial charge in [0, 0.05) is 51.0 Å². The first kappa shape index (κ1) is 11.5. The standard InChI is InChI=1S/C14H18N4/c15-9-12-1-3-13(4-2-12)16-10-14-11-17-5-7-18(14)8-6-17/h1-4,14,16H,5-8,10-11H2. The van der Waals surface area contributed by atoms with Crippen LogP contribution in [-0.2, 0) is 0 Å². The monoisotopic (exact) mass is 242 g/mol. The Balaban J connectivity index is 1.56. The van der Waals surface area contributed by atoms with E-state index in [4.69, 9.17) is 5.26 Å². The van der Waals surface area contributed by atoms with E-state index in [1.54, 1.807) is 0 Å².